The van der Waals surface area contributed by atoms with Crippen LogP contribution in [0.2, 0.25) is 0 Å². The molecule has 8 heteroatoms. The van der Waals surface area contributed by atoms with E-state index < -0.39 is 5.60 Å². The van der Waals surface area contributed by atoms with Crippen LogP contribution in [0.1, 0.15) is 12.0 Å². The molecule has 0 spiro atoms. The maximum atomic E-state index is 11.2. The van der Waals surface area contributed by atoms with Gasteiger partial charge in [-0.15, -0.1) is 5.10 Å². The molecule has 1 aromatic carbocycles. The lowest BCUT2D eigenvalue weighted by molar-refractivity contribution is 0.0562. The van der Waals surface area contributed by atoms with E-state index in [1.54, 1.807) is 16.9 Å². The van der Waals surface area contributed by atoms with Gasteiger partial charge in [0.2, 0.25) is 10.1 Å². The normalized spacial score (nSPS) is 19.5. The lowest BCUT2D eigenvalue weighted by Gasteiger charge is -2.28. The van der Waals surface area contributed by atoms with Crippen molar-refractivity contribution in [2.45, 2.75) is 18.6 Å². The lowest BCUT2D eigenvalue weighted by Crippen LogP contribution is -2.43. The monoisotopic (exact) mass is 420 g/mol. The smallest absolute Gasteiger partial charge is 0.214 e. The molecule has 1 unspecified atom stereocenters. The van der Waals surface area contributed by atoms with E-state index in [1.165, 1.54) is 16.9 Å². The van der Waals surface area contributed by atoms with E-state index in [4.69, 9.17) is 0 Å². The fraction of sp³-hybridized carbons (Fsp3) is 0.318. The summed E-state index contributed by atoms with van der Waals surface area (Å²) in [6, 6.07) is 14.3. The van der Waals surface area contributed by atoms with Gasteiger partial charge in [-0.25, -0.2) is 9.50 Å². The molecule has 154 valence electrons. The Morgan fingerprint density at radius 1 is 1.20 bits per heavy atom. The number of aliphatic hydroxyl groups is 1. The van der Waals surface area contributed by atoms with Gasteiger partial charge in [-0.2, -0.15) is 0 Å². The second-order valence-corrected chi connectivity index (χ2v) is 8.94. The van der Waals surface area contributed by atoms with Crippen molar-refractivity contribution in [3.8, 4) is 11.3 Å². The number of fused-ring (bicyclic) bond motifs is 1. The largest absolute Gasteiger partial charge is 0.387 e. The summed E-state index contributed by atoms with van der Waals surface area (Å²) in [5, 5.41) is 16.7. The van der Waals surface area contributed by atoms with E-state index in [0.29, 0.717) is 13.1 Å². The number of hydrogen-bond donors (Lipinski definition) is 1. The number of rotatable bonds is 6. The minimum Gasteiger partial charge on any atom is -0.387 e. The highest BCUT2D eigenvalue weighted by Crippen LogP contribution is 2.29. The molecule has 7 nitrogen and oxygen atoms in total. The van der Waals surface area contributed by atoms with Crippen LogP contribution in [0.25, 0.3) is 16.2 Å². The fourth-order valence-corrected chi connectivity index (χ4v) is 4.90. The van der Waals surface area contributed by atoms with Gasteiger partial charge in [-0.05, 0) is 24.1 Å². The average molecular weight is 421 g/mol. The highest BCUT2D eigenvalue weighted by molar-refractivity contribution is 7.20. The van der Waals surface area contributed by atoms with Gasteiger partial charge >= 0.3 is 0 Å². The van der Waals surface area contributed by atoms with Crippen molar-refractivity contribution in [1.29, 1.82) is 0 Å². The first kappa shape index (κ1) is 19.2. The summed E-state index contributed by atoms with van der Waals surface area (Å²) in [7, 11) is 1.98. The lowest BCUT2D eigenvalue weighted by atomic mass is 10.0. The number of aromatic nitrogens is 4. The van der Waals surface area contributed by atoms with E-state index >= 15 is 0 Å². The minimum absolute atomic E-state index is 0.546. The van der Waals surface area contributed by atoms with Gasteiger partial charge in [0.05, 0.1) is 17.5 Å². The van der Waals surface area contributed by atoms with Crippen molar-refractivity contribution in [2.24, 2.45) is 0 Å². The van der Waals surface area contributed by atoms with Crippen LogP contribution in [0.3, 0.4) is 0 Å². The summed E-state index contributed by atoms with van der Waals surface area (Å²) in [6.07, 6.45) is 6.24. The molecule has 4 aromatic rings. The van der Waals surface area contributed by atoms with Gasteiger partial charge in [-0.3, -0.25) is 9.88 Å². The fourth-order valence-electron chi connectivity index (χ4n) is 4.05. The van der Waals surface area contributed by atoms with Crippen LogP contribution >= 0.6 is 11.3 Å². The molecule has 0 saturated carbocycles. The summed E-state index contributed by atoms with van der Waals surface area (Å²) in [5.74, 6) is 0. The third-order valence-electron chi connectivity index (χ3n) is 5.51. The van der Waals surface area contributed by atoms with Crippen LogP contribution in [0.4, 0.5) is 5.13 Å². The Balaban J connectivity index is 1.25. The number of anilines is 1. The Hall–Kier alpha value is -2.81. The third-order valence-corrected chi connectivity index (χ3v) is 6.54. The molecule has 3 aromatic heterocycles. The Labute approximate surface area is 179 Å². The van der Waals surface area contributed by atoms with Crippen LogP contribution in [-0.2, 0) is 6.54 Å². The maximum absolute atomic E-state index is 11.2. The number of β-amino-alcohol motifs (C(OH)–C–C–N with tert-alkyl or cyclic N) is 1. The third kappa shape index (κ3) is 3.94. The number of imidazole rings is 1. The summed E-state index contributed by atoms with van der Waals surface area (Å²) < 4.78 is 1.80. The van der Waals surface area contributed by atoms with Crippen LogP contribution in [0.5, 0.6) is 0 Å². The molecular weight excluding hydrogens is 396 g/mol. The highest BCUT2D eigenvalue weighted by Gasteiger charge is 2.37. The quantitative estimate of drug-likeness (QED) is 0.517. The highest BCUT2D eigenvalue weighted by atomic mass is 32.1. The van der Waals surface area contributed by atoms with E-state index in [2.05, 4.69) is 44.2 Å². The van der Waals surface area contributed by atoms with Gasteiger partial charge in [0, 0.05) is 51.2 Å². The van der Waals surface area contributed by atoms with Gasteiger partial charge in [0.1, 0.15) is 0 Å². The van der Waals surface area contributed by atoms with Crippen molar-refractivity contribution < 1.29 is 5.11 Å². The molecule has 1 aliphatic rings. The van der Waals surface area contributed by atoms with Gasteiger partial charge < -0.3 is 10.0 Å². The van der Waals surface area contributed by atoms with Gasteiger partial charge in [0.25, 0.3) is 0 Å². The number of hydrogen-bond acceptors (Lipinski definition) is 7. The molecule has 1 N–H and O–H groups in total. The summed E-state index contributed by atoms with van der Waals surface area (Å²) in [6.45, 7) is 2.98. The molecule has 5 rings (SSSR count). The first-order valence-corrected chi connectivity index (χ1v) is 10.9. The van der Waals surface area contributed by atoms with Crippen LogP contribution in [0.15, 0.2) is 61.1 Å². The predicted octanol–water partition coefficient (Wildman–Crippen LogP) is 2.93. The molecule has 1 fully saturated rings. The Morgan fingerprint density at radius 2 is 2.07 bits per heavy atom. The maximum Gasteiger partial charge on any atom is 0.214 e. The molecule has 4 heterocycles. The molecule has 30 heavy (non-hydrogen) atoms. The number of nitrogens with zero attached hydrogens (tertiary/aromatic N) is 6. The van der Waals surface area contributed by atoms with E-state index in [-0.39, 0.29) is 0 Å². The van der Waals surface area contributed by atoms with Crippen molar-refractivity contribution >= 4 is 21.4 Å². The van der Waals surface area contributed by atoms with E-state index in [0.717, 1.165) is 40.9 Å². The van der Waals surface area contributed by atoms with Crippen molar-refractivity contribution in [1.82, 2.24) is 24.5 Å². The van der Waals surface area contributed by atoms with Crippen LogP contribution < -0.4 is 4.90 Å². The summed E-state index contributed by atoms with van der Waals surface area (Å²) in [5.41, 5.74) is 2.38. The number of benzene rings is 1. The van der Waals surface area contributed by atoms with Crippen LogP contribution in [0, 0.1) is 0 Å². The molecular formula is C22H24N6OS. The van der Waals surface area contributed by atoms with Crippen molar-refractivity contribution in [3.05, 3.63) is 66.6 Å². The standard InChI is InChI=1S/C22H24N6OS/c1-26(15-22(29)9-11-27(16-22)13-17-6-3-2-4-7-17)21-25-28-14-19(24-20(28)30-21)18-8-5-10-23-12-18/h2-8,10,12,14,29H,9,11,13,15-16H2,1H3. The summed E-state index contributed by atoms with van der Waals surface area (Å²) >= 11 is 1.53. The second-order valence-electron chi connectivity index (χ2n) is 8.01. The molecule has 1 saturated heterocycles. The SMILES string of the molecule is CN(CC1(O)CCN(Cc2ccccc2)C1)c1nn2cc(-c3cccnc3)nc2s1. The zero-order chi connectivity index (χ0) is 20.6. The topological polar surface area (TPSA) is 69.8 Å². The molecule has 0 amide bonds. The Morgan fingerprint density at radius 3 is 2.83 bits per heavy atom. The van der Waals surface area contributed by atoms with Crippen molar-refractivity contribution in [3.63, 3.8) is 0 Å². The van der Waals surface area contributed by atoms with Crippen molar-refractivity contribution in [2.75, 3.05) is 31.6 Å². The molecule has 0 bridgehead atoms. The van der Waals surface area contributed by atoms with Gasteiger partial charge in [0.15, 0.2) is 0 Å². The Bertz CT molecular complexity index is 1100. The summed E-state index contributed by atoms with van der Waals surface area (Å²) in [4.78, 5) is 14.0. The van der Waals surface area contributed by atoms with Gasteiger partial charge in [-0.1, -0.05) is 41.7 Å². The molecule has 1 atom stereocenters. The number of likely N-dealkylation sites (tertiary alicyclic amines) is 1. The average Bonchev–Trinajstić information content (AvgIpc) is 3.43. The van der Waals surface area contributed by atoms with E-state index in [9.17, 15) is 5.11 Å². The number of likely N-dealkylation sites (N-methyl/N-ethyl adjacent to an activating group) is 1. The zero-order valence-corrected chi connectivity index (χ0v) is 17.7. The molecule has 1 aliphatic heterocycles. The Kier molecular flexibility index (Phi) is 4.98. The first-order chi connectivity index (χ1) is 14.6. The van der Waals surface area contributed by atoms with Crippen LogP contribution in [-0.4, -0.2) is 61.9 Å². The molecule has 0 radical (unpaired) electrons. The molecule has 0 aliphatic carbocycles. The number of pyridine rings is 1. The predicted molar refractivity (Wildman–Crippen MR) is 119 cm³/mol. The minimum atomic E-state index is -0.738. The second kappa shape index (κ2) is 7.79. The van der Waals surface area contributed by atoms with E-state index in [1.807, 2.05) is 36.3 Å². The zero-order valence-electron chi connectivity index (χ0n) is 16.8. The first-order valence-electron chi connectivity index (χ1n) is 10.0.